The first-order valence-corrected chi connectivity index (χ1v) is 6.23. The molecule has 102 valence electrons. The smallest absolute Gasteiger partial charge is 0.343 e. The Morgan fingerprint density at radius 2 is 1.85 bits per heavy atom. The second kappa shape index (κ2) is 6.52. The number of hydrogen-bond donors (Lipinski definition) is 0. The van der Waals surface area contributed by atoms with Crippen molar-refractivity contribution < 1.29 is 19.1 Å². The van der Waals surface area contributed by atoms with Crippen LogP contribution in [-0.4, -0.2) is 18.9 Å². The van der Waals surface area contributed by atoms with Crippen molar-refractivity contribution in [3.05, 3.63) is 59.7 Å². The van der Waals surface area contributed by atoms with Gasteiger partial charge in [0.25, 0.3) is 0 Å². The molecule has 0 saturated carbocycles. The first kappa shape index (κ1) is 13.8. The molecule has 2 rings (SSSR count). The summed E-state index contributed by atoms with van der Waals surface area (Å²) in [4.78, 5) is 22.5. The van der Waals surface area contributed by atoms with E-state index in [0.29, 0.717) is 29.2 Å². The molecule has 0 radical (unpaired) electrons. The monoisotopic (exact) mass is 270 g/mol. The summed E-state index contributed by atoms with van der Waals surface area (Å²) in [7, 11) is 0. The number of ether oxygens (including phenoxy) is 2. The van der Waals surface area contributed by atoms with Crippen molar-refractivity contribution in [2.24, 2.45) is 0 Å². The molecular formula is C16H14O4. The van der Waals surface area contributed by atoms with Gasteiger partial charge in [0.2, 0.25) is 0 Å². The zero-order valence-electron chi connectivity index (χ0n) is 11.0. The molecule has 0 aliphatic carbocycles. The Kier molecular flexibility index (Phi) is 4.50. The van der Waals surface area contributed by atoms with E-state index >= 15 is 0 Å². The predicted molar refractivity (Wildman–Crippen MR) is 74.4 cm³/mol. The van der Waals surface area contributed by atoms with Crippen molar-refractivity contribution in [3.63, 3.8) is 0 Å². The highest BCUT2D eigenvalue weighted by molar-refractivity contribution is 5.91. The van der Waals surface area contributed by atoms with Crippen molar-refractivity contribution >= 4 is 12.3 Å². The van der Waals surface area contributed by atoms with Crippen molar-refractivity contribution in [1.82, 2.24) is 0 Å². The van der Waals surface area contributed by atoms with Gasteiger partial charge in [-0.25, -0.2) is 4.79 Å². The number of carbonyl (C=O) groups excluding carboxylic acids is 2. The van der Waals surface area contributed by atoms with E-state index in [0.717, 1.165) is 6.29 Å². The van der Waals surface area contributed by atoms with Crippen molar-refractivity contribution in [2.75, 3.05) is 6.61 Å². The summed E-state index contributed by atoms with van der Waals surface area (Å²) in [5.74, 6) is 0.547. The summed E-state index contributed by atoms with van der Waals surface area (Å²) in [6.45, 7) is 2.41. The van der Waals surface area contributed by atoms with Gasteiger partial charge in [0, 0.05) is 5.56 Å². The molecule has 0 aliphatic heterocycles. The number of carbonyl (C=O) groups is 2. The van der Waals surface area contributed by atoms with Crippen molar-refractivity contribution in [1.29, 1.82) is 0 Å². The van der Waals surface area contributed by atoms with Crippen LogP contribution in [0.2, 0.25) is 0 Å². The second-order valence-electron chi connectivity index (χ2n) is 4.04. The Morgan fingerprint density at radius 3 is 2.50 bits per heavy atom. The molecule has 0 saturated heterocycles. The molecule has 4 heteroatoms. The molecule has 0 N–H and O–H groups in total. The van der Waals surface area contributed by atoms with E-state index in [4.69, 9.17) is 9.47 Å². The van der Waals surface area contributed by atoms with E-state index in [1.165, 1.54) is 0 Å². The first-order chi connectivity index (χ1) is 9.72. The van der Waals surface area contributed by atoms with Gasteiger partial charge in [0.05, 0.1) is 12.2 Å². The van der Waals surface area contributed by atoms with Crippen molar-refractivity contribution in [2.45, 2.75) is 6.92 Å². The fourth-order valence-corrected chi connectivity index (χ4v) is 1.66. The highest BCUT2D eigenvalue weighted by Crippen LogP contribution is 2.17. The van der Waals surface area contributed by atoms with E-state index in [9.17, 15) is 9.59 Å². The number of aldehydes is 1. The quantitative estimate of drug-likeness (QED) is 0.476. The molecule has 20 heavy (non-hydrogen) atoms. The van der Waals surface area contributed by atoms with Gasteiger partial charge in [-0.1, -0.05) is 6.07 Å². The summed E-state index contributed by atoms with van der Waals surface area (Å²) in [6, 6.07) is 13.1. The number of benzene rings is 2. The number of hydrogen-bond acceptors (Lipinski definition) is 4. The lowest BCUT2D eigenvalue weighted by molar-refractivity contribution is 0.0734. The third kappa shape index (κ3) is 3.45. The molecule has 2 aromatic rings. The fraction of sp³-hybridized carbons (Fsp3) is 0.125. The van der Waals surface area contributed by atoms with E-state index < -0.39 is 5.97 Å². The van der Waals surface area contributed by atoms with Gasteiger partial charge in [0.15, 0.2) is 0 Å². The summed E-state index contributed by atoms with van der Waals surface area (Å²) in [6.07, 6.45) is 0.733. The Bertz CT molecular complexity index is 602. The summed E-state index contributed by atoms with van der Waals surface area (Å²) < 4.78 is 10.6. The maximum atomic E-state index is 12.0. The minimum Gasteiger partial charge on any atom is -0.494 e. The van der Waals surface area contributed by atoms with Gasteiger partial charge < -0.3 is 9.47 Å². The van der Waals surface area contributed by atoms with Crippen LogP contribution >= 0.6 is 0 Å². The number of rotatable bonds is 5. The van der Waals surface area contributed by atoms with Crippen LogP contribution in [0.3, 0.4) is 0 Å². The van der Waals surface area contributed by atoms with Crippen LogP contribution in [0.1, 0.15) is 27.6 Å². The van der Waals surface area contributed by atoms with Gasteiger partial charge in [-0.3, -0.25) is 4.79 Å². The zero-order valence-corrected chi connectivity index (χ0v) is 11.0. The van der Waals surface area contributed by atoms with E-state index in [2.05, 4.69) is 0 Å². The highest BCUT2D eigenvalue weighted by Gasteiger charge is 2.09. The van der Waals surface area contributed by atoms with Gasteiger partial charge >= 0.3 is 5.97 Å². The molecule has 0 atom stereocenters. The normalized spacial score (nSPS) is 9.85. The van der Waals surface area contributed by atoms with Crippen LogP contribution < -0.4 is 9.47 Å². The van der Waals surface area contributed by atoms with Crippen LogP contribution in [0.4, 0.5) is 0 Å². The van der Waals surface area contributed by atoms with Crippen LogP contribution in [0.5, 0.6) is 11.5 Å². The molecule has 0 aliphatic rings. The van der Waals surface area contributed by atoms with Crippen LogP contribution in [0.15, 0.2) is 48.5 Å². The SMILES string of the molecule is CCOc1cccc(C(=O)Oc2ccc(C=O)cc2)c1. The van der Waals surface area contributed by atoms with Crippen LogP contribution in [0.25, 0.3) is 0 Å². The summed E-state index contributed by atoms with van der Waals surface area (Å²) in [5.41, 5.74) is 0.943. The fourth-order valence-electron chi connectivity index (χ4n) is 1.66. The Morgan fingerprint density at radius 1 is 1.10 bits per heavy atom. The average Bonchev–Trinajstić information content (AvgIpc) is 2.48. The molecular weight excluding hydrogens is 256 g/mol. The Hall–Kier alpha value is -2.62. The molecule has 0 fully saturated rings. The van der Waals surface area contributed by atoms with Gasteiger partial charge in [0.1, 0.15) is 17.8 Å². The van der Waals surface area contributed by atoms with E-state index in [-0.39, 0.29) is 0 Å². The van der Waals surface area contributed by atoms with Gasteiger partial charge in [-0.05, 0) is 49.4 Å². The Labute approximate surface area is 116 Å². The lowest BCUT2D eigenvalue weighted by Gasteiger charge is -2.06. The standard InChI is InChI=1S/C16H14O4/c1-2-19-15-5-3-4-13(10-15)16(18)20-14-8-6-12(11-17)7-9-14/h3-11H,2H2,1H3. The highest BCUT2D eigenvalue weighted by atomic mass is 16.5. The van der Waals surface area contributed by atoms with Gasteiger partial charge in [-0.15, -0.1) is 0 Å². The Balaban J connectivity index is 2.10. The molecule has 0 spiro atoms. The molecule has 0 aromatic heterocycles. The van der Waals surface area contributed by atoms with Crippen molar-refractivity contribution in [3.8, 4) is 11.5 Å². The van der Waals surface area contributed by atoms with Gasteiger partial charge in [-0.2, -0.15) is 0 Å². The molecule has 0 amide bonds. The van der Waals surface area contributed by atoms with Crippen LogP contribution in [-0.2, 0) is 0 Å². The first-order valence-electron chi connectivity index (χ1n) is 6.23. The summed E-state index contributed by atoms with van der Waals surface area (Å²) in [5, 5.41) is 0. The maximum absolute atomic E-state index is 12.0. The zero-order chi connectivity index (χ0) is 14.4. The maximum Gasteiger partial charge on any atom is 0.343 e. The minimum atomic E-state index is -0.467. The number of esters is 1. The second-order valence-corrected chi connectivity index (χ2v) is 4.04. The molecule has 0 bridgehead atoms. The molecule has 0 unspecified atom stereocenters. The lowest BCUT2D eigenvalue weighted by atomic mass is 10.2. The topological polar surface area (TPSA) is 52.6 Å². The molecule has 0 heterocycles. The third-order valence-corrected chi connectivity index (χ3v) is 2.61. The largest absolute Gasteiger partial charge is 0.494 e. The van der Waals surface area contributed by atoms with E-state index in [1.807, 2.05) is 6.92 Å². The summed E-state index contributed by atoms with van der Waals surface area (Å²) >= 11 is 0. The molecule has 4 nitrogen and oxygen atoms in total. The molecule has 2 aromatic carbocycles. The van der Waals surface area contributed by atoms with E-state index in [1.54, 1.807) is 48.5 Å². The lowest BCUT2D eigenvalue weighted by Crippen LogP contribution is -2.08. The predicted octanol–water partition coefficient (Wildman–Crippen LogP) is 3.12. The third-order valence-electron chi connectivity index (χ3n) is 2.61. The minimum absolute atomic E-state index is 0.391. The van der Waals surface area contributed by atoms with Crippen LogP contribution in [0, 0.1) is 0 Å². The average molecular weight is 270 g/mol.